The smallest absolute Gasteiger partial charge is 0.220 e. The topological polar surface area (TPSA) is 103 Å². The van der Waals surface area contributed by atoms with Crippen LogP contribution in [-0.2, 0) is 15.9 Å². The van der Waals surface area contributed by atoms with Crippen LogP contribution in [-0.4, -0.2) is 72.0 Å². The van der Waals surface area contributed by atoms with Crippen LogP contribution in [0.25, 0.3) is 11.4 Å². The standard InChI is InChI=1S/C20H25N7O2/c21-20-22-10-15(16(23-20)12-1-2-12)17-24-18(26-3-6-28-7-4-26)14-9-13-11-29-8-5-27(13)19(14)25-17/h10,12-13H,1-9,11H2,(H2,21,22,23)/t13-/m1/s1. The van der Waals surface area contributed by atoms with E-state index in [-0.39, 0.29) is 0 Å². The Hall–Kier alpha value is -2.52. The van der Waals surface area contributed by atoms with E-state index < -0.39 is 0 Å². The highest BCUT2D eigenvalue weighted by atomic mass is 16.5. The number of nitrogens with two attached hydrogens (primary N) is 1. The lowest BCUT2D eigenvalue weighted by atomic mass is 10.1. The van der Waals surface area contributed by atoms with E-state index in [1.165, 1.54) is 5.56 Å². The normalized spacial score (nSPS) is 23.8. The van der Waals surface area contributed by atoms with Crippen LogP contribution in [0.1, 0.15) is 30.0 Å². The second kappa shape index (κ2) is 6.77. The molecule has 6 rings (SSSR count). The molecule has 0 spiro atoms. The van der Waals surface area contributed by atoms with E-state index in [1.54, 1.807) is 6.20 Å². The number of aromatic nitrogens is 4. The van der Waals surface area contributed by atoms with Gasteiger partial charge in [-0.15, -0.1) is 0 Å². The van der Waals surface area contributed by atoms with Crippen molar-refractivity contribution in [2.45, 2.75) is 31.2 Å². The van der Waals surface area contributed by atoms with E-state index in [1.807, 2.05) is 0 Å². The number of morpholine rings is 2. The minimum atomic E-state index is 0.318. The summed E-state index contributed by atoms with van der Waals surface area (Å²) >= 11 is 0. The largest absolute Gasteiger partial charge is 0.378 e. The Morgan fingerprint density at radius 3 is 2.59 bits per heavy atom. The van der Waals surface area contributed by atoms with Gasteiger partial charge in [-0.2, -0.15) is 0 Å². The number of ether oxygens (including phenoxy) is 2. The number of hydrogen-bond acceptors (Lipinski definition) is 9. The third-order valence-electron chi connectivity index (χ3n) is 6.26. The number of nitrogen functional groups attached to an aromatic ring is 1. The van der Waals surface area contributed by atoms with Crippen molar-refractivity contribution < 1.29 is 9.47 Å². The molecule has 2 aromatic rings. The number of rotatable bonds is 3. The average Bonchev–Trinajstić information content (AvgIpc) is 3.54. The van der Waals surface area contributed by atoms with Crippen molar-refractivity contribution in [1.29, 1.82) is 0 Å². The van der Waals surface area contributed by atoms with Crippen LogP contribution in [0.2, 0.25) is 0 Å². The van der Waals surface area contributed by atoms with Crippen molar-refractivity contribution in [1.82, 2.24) is 19.9 Å². The zero-order chi connectivity index (χ0) is 19.4. The van der Waals surface area contributed by atoms with E-state index in [4.69, 9.17) is 25.2 Å². The van der Waals surface area contributed by atoms with Gasteiger partial charge in [0.15, 0.2) is 5.82 Å². The summed E-state index contributed by atoms with van der Waals surface area (Å²) in [6.45, 7) is 5.48. The second-order valence-electron chi connectivity index (χ2n) is 8.20. The van der Waals surface area contributed by atoms with E-state index in [0.29, 0.717) is 23.7 Å². The molecule has 152 valence electrons. The zero-order valence-corrected chi connectivity index (χ0v) is 16.4. The van der Waals surface area contributed by atoms with Gasteiger partial charge < -0.3 is 25.0 Å². The Bertz CT molecular complexity index is 943. The van der Waals surface area contributed by atoms with Gasteiger partial charge in [-0.25, -0.2) is 19.9 Å². The molecule has 0 aromatic carbocycles. The quantitative estimate of drug-likeness (QED) is 0.815. The predicted octanol–water partition coefficient (Wildman–Crippen LogP) is 0.991. The monoisotopic (exact) mass is 395 g/mol. The van der Waals surface area contributed by atoms with Crippen LogP contribution in [0, 0.1) is 0 Å². The summed E-state index contributed by atoms with van der Waals surface area (Å²) in [5, 5.41) is 0. The first kappa shape index (κ1) is 17.3. The highest BCUT2D eigenvalue weighted by molar-refractivity contribution is 5.71. The molecule has 5 heterocycles. The third-order valence-corrected chi connectivity index (χ3v) is 6.26. The van der Waals surface area contributed by atoms with Crippen molar-refractivity contribution in [3.63, 3.8) is 0 Å². The van der Waals surface area contributed by atoms with Crippen molar-refractivity contribution >= 4 is 17.6 Å². The first-order valence-electron chi connectivity index (χ1n) is 10.5. The summed E-state index contributed by atoms with van der Waals surface area (Å²) in [5.41, 5.74) is 9.02. The molecule has 3 aliphatic heterocycles. The van der Waals surface area contributed by atoms with Crippen LogP contribution < -0.4 is 15.5 Å². The summed E-state index contributed by atoms with van der Waals surface area (Å²) in [5.74, 6) is 3.54. The molecule has 1 aliphatic carbocycles. The third kappa shape index (κ3) is 3.00. The molecule has 0 unspecified atom stereocenters. The number of anilines is 3. The van der Waals surface area contributed by atoms with E-state index in [2.05, 4.69) is 19.8 Å². The molecule has 2 saturated heterocycles. The lowest BCUT2D eigenvalue weighted by Gasteiger charge is -2.31. The maximum Gasteiger partial charge on any atom is 0.220 e. The first-order valence-corrected chi connectivity index (χ1v) is 10.5. The van der Waals surface area contributed by atoms with Crippen LogP contribution in [0.3, 0.4) is 0 Å². The molecule has 29 heavy (non-hydrogen) atoms. The summed E-state index contributed by atoms with van der Waals surface area (Å²) in [6, 6.07) is 0.341. The molecule has 0 amide bonds. The maximum atomic E-state index is 5.89. The predicted molar refractivity (Wildman–Crippen MR) is 108 cm³/mol. The maximum absolute atomic E-state index is 5.89. The fraction of sp³-hybridized carbons (Fsp3) is 0.600. The average molecular weight is 395 g/mol. The highest BCUT2D eigenvalue weighted by Crippen LogP contribution is 2.44. The molecule has 0 radical (unpaired) electrons. The molecule has 4 aliphatic rings. The van der Waals surface area contributed by atoms with Gasteiger partial charge in [-0.05, 0) is 12.8 Å². The summed E-state index contributed by atoms with van der Waals surface area (Å²) in [6.07, 6.45) is 5.00. The Morgan fingerprint density at radius 1 is 0.966 bits per heavy atom. The molecular weight excluding hydrogens is 370 g/mol. The molecule has 9 heteroatoms. The Labute approximate surface area is 169 Å². The molecular formula is C20H25N7O2. The fourth-order valence-corrected chi connectivity index (χ4v) is 4.63. The van der Waals surface area contributed by atoms with Crippen molar-refractivity contribution in [3.05, 3.63) is 17.5 Å². The van der Waals surface area contributed by atoms with Gasteiger partial charge in [-0.1, -0.05) is 0 Å². The molecule has 2 aromatic heterocycles. The second-order valence-corrected chi connectivity index (χ2v) is 8.20. The zero-order valence-electron chi connectivity index (χ0n) is 16.4. The molecule has 1 saturated carbocycles. The summed E-state index contributed by atoms with van der Waals surface area (Å²) in [7, 11) is 0. The summed E-state index contributed by atoms with van der Waals surface area (Å²) < 4.78 is 11.3. The van der Waals surface area contributed by atoms with Gasteiger partial charge in [-0.3, -0.25) is 0 Å². The minimum absolute atomic E-state index is 0.318. The Morgan fingerprint density at radius 2 is 1.76 bits per heavy atom. The van der Waals surface area contributed by atoms with Gasteiger partial charge in [0.25, 0.3) is 0 Å². The van der Waals surface area contributed by atoms with E-state index in [9.17, 15) is 0 Å². The van der Waals surface area contributed by atoms with E-state index in [0.717, 1.165) is 88.2 Å². The van der Waals surface area contributed by atoms with Crippen molar-refractivity contribution in [3.8, 4) is 11.4 Å². The number of fused-ring (bicyclic) bond motifs is 3. The van der Waals surface area contributed by atoms with Gasteiger partial charge in [0.05, 0.1) is 43.7 Å². The van der Waals surface area contributed by atoms with Crippen molar-refractivity contribution in [2.24, 2.45) is 0 Å². The molecule has 2 N–H and O–H groups in total. The van der Waals surface area contributed by atoms with E-state index >= 15 is 0 Å². The lowest BCUT2D eigenvalue weighted by Crippen LogP contribution is -2.43. The van der Waals surface area contributed by atoms with Crippen LogP contribution in [0.4, 0.5) is 17.6 Å². The van der Waals surface area contributed by atoms with Crippen LogP contribution in [0.15, 0.2) is 6.20 Å². The molecule has 1 atom stereocenters. The Kier molecular flexibility index (Phi) is 4.05. The van der Waals surface area contributed by atoms with Gasteiger partial charge in [0, 0.05) is 43.7 Å². The fourth-order valence-electron chi connectivity index (χ4n) is 4.63. The summed E-state index contributed by atoms with van der Waals surface area (Å²) in [4.78, 5) is 23.7. The van der Waals surface area contributed by atoms with Crippen molar-refractivity contribution in [2.75, 3.05) is 61.6 Å². The molecule has 9 nitrogen and oxygen atoms in total. The first-order chi connectivity index (χ1) is 14.3. The highest BCUT2D eigenvalue weighted by Gasteiger charge is 2.38. The number of nitrogens with zero attached hydrogens (tertiary/aromatic N) is 6. The van der Waals surface area contributed by atoms with Crippen LogP contribution >= 0.6 is 0 Å². The van der Waals surface area contributed by atoms with Gasteiger partial charge in [0.2, 0.25) is 5.95 Å². The molecule has 3 fully saturated rings. The molecule has 0 bridgehead atoms. The minimum Gasteiger partial charge on any atom is -0.378 e. The van der Waals surface area contributed by atoms with Gasteiger partial charge >= 0.3 is 0 Å². The van der Waals surface area contributed by atoms with Crippen LogP contribution in [0.5, 0.6) is 0 Å². The number of hydrogen-bond donors (Lipinski definition) is 1. The lowest BCUT2D eigenvalue weighted by molar-refractivity contribution is 0.0973. The Balaban J connectivity index is 1.50. The SMILES string of the molecule is Nc1ncc(-c2nc(N3CCOCC3)c3c(n2)N2CCOC[C@H]2C3)c(C2CC2)n1. The van der Waals surface area contributed by atoms with Gasteiger partial charge in [0.1, 0.15) is 11.6 Å².